The van der Waals surface area contributed by atoms with Crippen LogP contribution in [0.4, 0.5) is 4.39 Å². The summed E-state index contributed by atoms with van der Waals surface area (Å²) >= 11 is 15.9. The van der Waals surface area contributed by atoms with Crippen LogP contribution in [0, 0.1) is 29.5 Å². The summed E-state index contributed by atoms with van der Waals surface area (Å²) in [6.45, 7) is 0. The Labute approximate surface area is 255 Å². The van der Waals surface area contributed by atoms with Crippen LogP contribution in [-0.2, 0) is 16.0 Å². The van der Waals surface area contributed by atoms with Gasteiger partial charge in [-0.3, -0.25) is 9.59 Å². The molecule has 12 heteroatoms. The van der Waals surface area contributed by atoms with E-state index in [4.69, 9.17) is 21.8 Å². The summed E-state index contributed by atoms with van der Waals surface area (Å²) < 4.78 is 19.6. The average Bonchev–Trinajstić information content (AvgIpc) is 2.81. The molecule has 0 radical (unpaired) electrons. The Balaban J connectivity index is 0.000000162. The second-order valence-electron chi connectivity index (χ2n) is 9.97. The van der Waals surface area contributed by atoms with Crippen LogP contribution in [0.25, 0.3) is 0 Å². The first-order chi connectivity index (χ1) is 18.3. The smallest absolute Gasteiger partial charge is 0.337 e. The number of hydrogen-bond donors (Lipinski definition) is 3. The molecule has 0 aromatic heterocycles. The summed E-state index contributed by atoms with van der Waals surface area (Å²) in [7, 11) is 1.36. The molecule has 6 rings (SSSR count). The topological polar surface area (TPSA) is 121 Å². The summed E-state index contributed by atoms with van der Waals surface area (Å²) in [6, 6.07) is 7.47. The van der Waals surface area contributed by atoms with E-state index in [0.29, 0.717) is 14.5 Å². The van der Waals surface area contributed by atoms with Crippen molar-refractivity contribution in [1.29, 1.82) is 0 Å². The molecule has 0 heterocycles. The zero-order valence-corrected chi connectivity index (χ0v) is 26.3. The molecule has 0 aliphatic heterocycles. The van der Waals surface area contributed by atoms with Crippen molar-refractivity contribution in [2.75, 3.05) is 7.11 Å². The number of ether oxygens (including phenoxy) is 1. The zero-order valence-electron chi connectivity index (χ0n) is 20.8. The summed E-state index contributed by atoms with van der Waals surface area (Å²) in [5.41, 5.74) is 0.656. The van der Waals surface area contributed by atoms with E-state index in [2.05, 4.69) is 52.5 Å². The van der Waals surface area contributed by atoms with Gasteiger partial charge < -0.3 is 20.1 Å². The highest BCUT2D eigenvalue weighted by atomic mass is 79.9. The predicted molar refractivity (Wildman–Crippen MR) is 154 cm³/mol. The molecule has 0 unspecified atom stereocenters. The number of alkyl halides is 1. The van der Waals surface area contributed by atoms with Crippen molar-refractivity contribution >= 4 is 77.3 Å². The summed E-state index contributed by atoms with van der Waals surface area (Å²) in [6.07, 6.45) is 5.39. The van der Waals surface area contributed by atoms with Crippen LogP contribution in [0.2, 0.25) is 0 Å². The predicted octanol–water partition coefficient (Wildman–Crippen LogP) is 7.64. The minimum Gasteiger partial charge on any atom is -0.494 e. The number of hydrogen-bond acceptors (Lipinski definition) is 4. The Kier molecular flexibility index (Phi) is 10.9. The first-order valence-corrected chi connectivity index (χ1v) is 14.9. The number of carbonyl (C=O) groups is 3. The number of benzene rings is 2. The Bertz CT molecular complexity index is 1200. The largest absolute Gasteiger partial charge is 0.494 e. The van der Waals surface area contributed by atoms with Gasteiger partial charge >= 0.3 is 17.9 Å². The van der Waals surface area contributed by atoms with Crippen molar-refractivity contribution in [3.63, 3.8) is 0 Å². The Morgan fingerprint density at radius 2 is 1.46 bits per heavy atom. The van der Waals surface area contributed by atoms with Crippen molar-refractivity contribution in [1.82, 2.24) is 0 Å². The maximum atomic E-state index is 13.0. The molecule has 3 N–H and O–H groups in total. The maximum absolute atomic E-state index is 13.0. The van der Waals surface area contributed by atoms with Crippen LogP contribution in [0.15, 0.2) is 43.7 Å². The van der Waals surface area contributed by atoms with Crippen LogP contribution in [0.5, 0.6) is 5.75 Å². The first kappa shape index (κ1) is 31.8. The van der Waals surface area contributed by atoms with Crippen LogP contribution < -0.4 is 4.74 Å². The standard InChI is InChI=1S/C11H15ClO2.C9H9FO3.C7H3Br3O2/c12-11(10(13)14)8-2-6-1-7(4-8)5-9(11)3-6;1-13-8-3-2-6(4-7(8)10)5-9(11)12;8-3-1-4(9)6(7(11)12)5(10)2-3/h6-9H,1-5H2,(H,13,14);2-4H,5H2,1H3,(H,11,12);1-2H,(H,11,12). The van der Waals surface area contributed by atoms with E-state index >= 15 is 0 Å². The number of aromatic carboxylic acids is 1. The summed E-state index contributed by atoms with van der Waals surface area (Å²) in [5.74, 6) is -1.07. The van der Waals surface area contributed by atoms with E-state index in [-0.39, 0.29) is 29.6 Å². The molecule has 2 aromatic rings. The summed E-state index contributed by atoms with van der Waals surface area (Å²) in [5, 5.41) is 26.5. The fraction of sp³-hybridized carbons (Fsp3) is 0.444. The van der Waals surface area contributed by atoms with Crippen LogP contribution in [-0.4, -0.2) is 45.2 Å². The van der Waals surface area contributed by atoms with E-state index < -0.39 is 28.6 Å². The molecule has 4 bridgehead atoms. The lowest BCUT2D eigenvalue weighted by Crippen LogP contribution is -2.58. The number of carboxylic acids is 3. The van der Waals surface area contributed by atoms with E-state index in [1.807, 2.05) is 0 Å². The van der Waals surface area contributed by atoms with Gasteiger partial charge in [0.05, 0.1) is 19.1 Å². The fourth-order valence-corrected chi connectivity index (χ4v) is 8.91. The van der Waals surface area contributed by atoms with Gasteiger partial charge in [0.2, 0.25) is 0 Å². The van der Waals surface area contributed by atoms with Gasteiger partial charge in [-0.2, -0.15) is 0 Å². The molecule has 0 saturated heterocycles. The van der Waals surface area contributed by atoms with Gasteiger partial charge in [0.25, 0.3) is 0 Å². The molecule has 4 saturated carbocycles. The van der Waals surface area contributed by atoms with Crippen LogP contribution >= 0.6 is 59.4 Å². The molecule has 4 aliphatic carbocycles. The van der Waals surface area contributed by atoms with Crippen molar-refractivity contribution in [2.24, 2.45) is 23.7 Å². The van der Waals surface area contributed by atoms with Gasteiger partial charge in [0, 0.05) is 13.4 Å². The molecule has 4 fully saturated rings. The fourth-order valence-electron chi connectivity index (χ4n) is 5.96. The minimum atomic E-state index is -0.982. The quantitative estimate of drug-likeness (QED) is 0.268. The normalized spacial score (nSPS) is 26.0. The van der Waals surface area contributed by atoms with E-state index in [1.165, 1.54) is 25.7 Å². The van der Waals surface area contributed by atoms with Gasteiger partial charge in [-0.15, -0.1) is 11.6 Å². The van der Waals surface area contributed by atoms with E-state index in [1.54, 1.807) is 12.1 Å². The second kappa shape index (κ2) is 13.3. The van der Waals surface area contributed by atoms with Crippen LogP contribution in [0.3, 0.4) is 0 Å². The molecule has 0 amide bonds. The Morgan fingerprint density at radius 1 is 0.949 bits per heavy atom. The monoisotopic (exact) mass is 754 g/mol. The highest BCUT2D eigenvalue weighted by molar-refractivity contribution is 9.11. The Morgan fingerprint density at radius 3 is 1.85 bits per heavy atom. The maximum Gasteiger partial charge on any atom is 0.337 e. The van der Waals surface area contributed by atoms with Gasteiger partial charge in [-0.25, -0.2) is 9.18 Å². The van der Waals surface area contributed by atoms with E-state index in [9.17, 15) is 23.9 Å². The SMILES string of the molecule is COc1ccc(CC(=O)O)cc1F.O=C(O)C1(Cl)C2CC3CC(C2)CC1C3.O=C(O)c1c(Br)cc(Br)cc1Br. The number of rotatable bonds is 5. The third-order valence-electron chi connectivity index (χ3n) is 7.45. The zero-order chi connectivity index (χ0) is 29.1. The number of carboxylic acid groups (broad SMARTS) is 3. The van der Waals surface area contributed by atoms with Crippen molar-refractivity contribution in [3.05, 3.63) is 60.7 Å². The highest BCUT2D eigenvalue weighted by Gasteiger charge is 2.60. The Hall–Kier alpha value is -1.69. The van der Waals surface area contributed by atoms with Gasteiger partial charge in [0.1, 0.15) is 4.87 Å². The highest BCUT2D eigenvalue weighted by Crippen LogP contribution is 2.60. The lowest BCUT2D eigenvalue weighted by molar-refractivity contribution is -0.151. The van der Waals surface area contributed by atoms with Gasteiger partial charge in [-0.05, 0) is 117 Å². The average molecular weight is 758 g/mol. The third-order valence-corrected chi connectivity index (χ3v) is 9.93. The first-order valence-electron chi connectivity index (χ1n) is 12.1. The molecule has 2 aromatic carbocycles. The van der Waals surface area contributed by atoms with Crippen molar-refractivity contribution in [2.45, 2.75) is 43.4 Å². The number of aliphatic carboxylic acids is 2. The second-order valence-corrected chi connectivity index (χ2v) is 13.2. The number of halogens is 5. The molecule has 4 aliphatic rings. The van der Waals surface area contributed by atoms with Crippen LogP contribution in [0.1, 0.15) is 48.0 Å². The van der Waals surface area contributed by atoms with Gasteiger partial charge in [0.15, 0.2) is 11.6 Å². The van der Waals surface area contributed by atoms with Crippen molar-refractivity contribution < 1.29 is 38.8 Å². The molecular weight excluding hydrogens is 730 g/mol. The lowest BCUT2D eigenvalue weighted by Gasteiger charge is -2.56. The molecule has 7 nitrogen and oxygen atoms in total. The minimum absolute atomic E-state index is 0.120. The van der Waals surface area contributed by atoms with Crippen molar-refractivity contribution in [3.8, 4) is 5.75 Å². The third kappa shape index (κ3) is 7.54. The molecule has 0 spiro atoms. The molecular formula is C27H27Br3ClFO7. The van der Waals surface area contributed by atoms with E-state index in [0.717, 1.165) is 48.1 Å². The summed E-state index contributed by atoms with van der Waals surface area (Å²) in [4.78, 5) is 31.3. The molecule has 212 valence electrons. The molecule has 39 heavy (non-hydrogen) atoms. The lowest BCUT2D eigenvalue weighted by atomic mass is 9.51. The van der Waals surface area contributed by atoms with Gasteiger partial charge in [-0.1, -0.05) is 22.0 Å². The number of methoxy groups -OCH3 is 1. The molecule has 0 atom stereocenters.